The maximum Gasteiger partial charge on any atom is 0.224 e. The van der Waals surface area contributed by atoms with E-state index in [9.17, 15) is 4.79 Å². The number of hydrogen-bond donors (Lipinski definition) is 1. The van der Waals surface area contributed by atoms with E-state index in [1.807, 2.05) is 18.2 Å². The normalized spacial score (nSPS) is 34.1. The van der Waals surface area contributed by atoms with Crippen LogP contribution in [0.15, 0.2) is 42.5 Å². The lowest BCUT2D eigenvalue weighted by Gasteiger charge is -2.32. The summed E-state index contributed by atoms with van der Waals surface area (Å²) in [6, 6.07) is 10.2. The Labute approximate surface area is 102 Å². The van der Waals surface area contributed by atoms with Crippen molar-refractivity contribution in [3.05, 3.63) is 48.0 Å². The third-order valence-corrected chi connectivity index (χ3v) is 4.36. The molecule has 1 saturated carbocycles. The van der Waals surface area contributed by atoms with Crippen LogP contribution >= 0.6 is 0 Å². The molecule has 2 aliphatic carbocycles. The van der Waals surface area contributed by atoms with Crippen molar-refractivity contribution >= 4 is 5.91 Å². The number of hydrogen-bond acceptors (Lipinski definition) is 1. The van der Waals surface area contributed by atoms with Gasteiger partial charge in [-0.05, 0) is 36.7 Å². The lowest BCUT2D eigenvalue weighted by molar-refractivity contribution is -0.129. The molecule has 2 heteroatoms. The highest BCUT2D eigenvalue weighted by Crippen LogP contribution is 2.53. The molecule has 2 N–H and O–H groups in total. The van der Waals surface area contributed by atoms with Gasteiger partial charge in [0.05, 0.1) is 5.41 Å². The SMILES string of the molecule is NC(=O)[C@]1(Cc2ccccc2)C[C@H]2C=C[C@H]1C2. The molecule has 88 valence electrons. The van der Waals surface area contributed by atoms with Gasteiger partial charge in [-0.3, -0.25) is 4.79 Å². The lowest BCUT2D eigenvalue weighted by Crippen LogP contribution is -2.42. The molecule has 0 saturated heterocycles. The predicted octanol–water partition coefficient (Wildman–Crippen LogP) is 2.30. The number of rotatable bonds is 3. The lowest BCUT2D eigenvalue weighted by atomic mass is 9.71. The van der Waals surface area contributed by atoms with Crippen molar-refractivity contribution in [3.8, 4) is 0 Å². The molecular formula is C15H17NO. The molecule has 1 fully saturated rings. The van der Waals surface area contributed by atoms with Gasteiger partial charge in [-0.25, -0.2) is 0 Å². The molecule has 0 aromatic heterocycles. The highest BCUT2D eigenvalue weighted by atomic mass is 16.1. The van der Waals surface area contributed by atoms with Gasteiger partial charge in [0.1, 0.15) is 0 Å². The summed E-state index contributed by atoms with van der Waals surface area (Å²) in [6.45, 7) is 0. The molecule has 1 amide bonds. The monoisotopic (exact) mass is 227 g/mol. The number of carbonyl (C=O) groups is 1. The number of amides is 1. The smallest absolute Gasteiger partial charge is 0.224 e. The van der Waals surface area contributed by atoms with Gasteiger partial charge in [0.15, 0.2) is 0 Å². The largest absolute Gasteiger partial charge is 0.369 e. The first-order chi connectivity index (χ1) is 8.21. The zero-order chi connectivity index (χ0) is 11.9. The van der Waals surface area contributed by atoms with Gasteiger partial charge in [-0.15, -0.1) is 0 Å². The van der Waals surface area contributed by atoms with E-state index in [1.54, 1.807) is 0 Å². The first-order valence-electron chi connectivity index (χ1n) is 6.23. The van der Waals surface area contributed by atoms with Crippen molar-refractivity contribution in [1.82, 2.24) is 0 Å². The molecule has 3 rings (SSSR count). The van der Waals surface area contributed by atoms with E-state index in [1.165, 1.54) is 5.56 Å². The molecule has 0 radical (unpaired) electrons. The average Bonchev–Trinajstić information content (AvgIpc) is 2.91. The Balaban J connectivity index is 1.92. The first-order valence-corrected chi connectivity index (χ1v) is 6.23. The zero-order valence-electron chi connectivity index (χ0n) is 9.80. The van der Waals surface area contributed by atoms with Crippen LogP contribution < -0.4 is 5.73 Å². The maximum absolute atomic E-state index is 11.9. The van der Waals surface area contributed by atoms with Crippen LogP contribution in [-0.2, 0) is 11.2 Å². The first kappa shape index (κ1) is 10.6. The standard InChI is InChI=1S/C15H17NO/c16-14(17)15(9-11-4-2-1-3-5-11)10-12-6-7-13(15)8-12/h1-7,12-13H,8-10H2,(H2,16,17)/t12-,13-,15+/m0/s1. The van der Waals surface area contributed by atoms with Crippen LogP contribution in [-0.4, -0.2) is 5.91 Å². The van der Waals surface area contributed by atoms with Crippen molar-refractivity contribution in [3.63, 3.8) is 0 Å². The molecule has 2 nitrogen and oxygen atoms in total. The maximum atomic E-state index is 11.9. The summed E-state index contributed by atoms with van der Waals surface area (Å²) >= 11 is 0. The quantitative estimate of drug-likeness (QED) is 0.791. The minimum atomic E-state index is -0.333. The molecule has 17 heavy (non-hydrogen) atoms. The third kappa shape index (κ3) is 1.59. The van der Waals surface area contributed by atoms with Crippen LogP contribution in [0, 0.1) is 17.3 Å². The topological polar surface area (TPSA) is 43.1 Å². The van der Waals surface area contributed by atoms with E-state index >= 15 is 0 Å². The minimum absolute atomic E-state index is 0.127. The minimum Gasteiger partial charge on any atom is -0.369 e. The van der Waals surface area contributed by atoms with Crippen molar-refractivity contribution in [2.45, 2.75) is 19.3 Å². The molecule has 1 aromatic rings. The molecule has 1 aromatic carbocycles. The second kappa shape index (κ2) is 3.73. The van der Waals surface area contributed by atoms with Crippen LogP contribution in [0.1, 0.15) is 18.4 Å². The van der Waals surface area contributed by atoms with Crippen LogP contribution in [0.3, 0.4) is 0 Å². The van der Waals surface area contributed by atoms with Gasteiger partial charge in [0, 0.05) is 0 Å². The summed E-state index contributed by atoms with van der Waals surface area (Å²) in [7, 11) is 0. The fourth-order valence-corrected chi connectivity index (χ4v) is 3.49. The highest BCUT2D eigenvalue weighted by molar-refractivity contribution is 5.82. The second-order valence-electron chi connectivity index (χ2n) is 5.37. The summed E-state index contributed by atoms with van der Waals surface area (Å²) in [5.41, 5.74) is 6.58. The Hall–Kier alpha value is -1.57. The van der Waals surface area contributed by atoms with Crippen LogP contribution in [0.5, 0.6) is 0 Å². The number of allylic oxidation sites excluding steroid dienone is 2. The molecule has 2 aliphatic rings. The van der Waals surface area contributed by atoms with Crippen LogP contribution in [0.25, 0.3) is 0 Å². The molecule has 0 aliphatic heterocycles. The Bertz CT molecular complexity index is 465. The van der Waals surface area contributed by atoms with E-state index in [4.69, 9.17) is 5.73 Å². The highest BCUT2D eigenvalue weighted by Gasteiger charge is 2.52. The number of fused-ring (bicyclic) bond motifs is 2. The molecule has 0 spiro atoms. The van der Waals surface area contributed by atoms with Gasteiger partial charge in [-0.2, -0.15) is 0 Å². The fourth-order valence-electron chi connectivity index (χ4n) is 3.49. The Kier molecular flexibility index (Phi) is 2.32. The Morgan fingerprint density at radius 3 is 2.59 bits per heavy atom. The summed E-state index contributed by atoms with van der Waals surface area (Å²) in [5.74, 6) is 0.791. The molecule has 0 unspecified atom stereocenters. The van der Waals surface area contributed by atoms with E-state index in [2.05, 4.69) is 24.3 Å². The molecule has 0 heterocycles. The molecular weight excluding hydrogens is 210 g/mol. The van der Waals surface area contributed by atoms with E-state index in [-0.39, 0.29) is 11.3 Å². The predicted molar refractivity (Wildman–Crippen MR) is 67.1 cm³/mol. The van der Waals surface area contributed by atoms with Gasteiger partial charge < -0.3 is 5.73 Å². The third-order valence-electron chi connectivity index (χ3n) is 4.36. The summed E-state index contributed by atoms with van der Waals surface area (Å²) < 4.78 is 0. The van der Waals surface area contributed by atoms with Crippen LogP contribution in [0.2, 0.25) is 0 Å². The van der Waals surface area contributed by atoms with Gasteiger partial charge in [0.25, 0.3) is 0 Å². The van der Waals surface area contributed by atoms with Crippen molar-refractivity contribution in [2.24, 2.45) is 23.0 Å². The van der Waals surface area contributed by atoms with Crippen molar-refractivity contribution < 1.29 is 4.79 Å². The van der Waals surface area contributed by atoms with Crippen molar-refractivity contribution in [1.29, 1.82) is 0 Å². The Morgan fingerprint density at radius 1 is 1.29 bits per heavy atom. The number of primary amides is 1. The van der Waals surface area contributed by atoms with Crippen molar-refractivity contribution in [2.75, 3.05) is 0 Å². The average molecular weight is 227 g/mol. The number of benzene rings is 1. The van der Waals surface area contributed by atoms with E-state index < -0.39 is 0 Å². The van der Waals surface area contributed by atoms with E-state index in [0.29, 0.717) is 11.8 Å². The van der Waals surface area contributed by atoms with Gasteiger partial charge >= 0.3 is 0 Å². The fraction of sp³-hybridized carbons (Fsp3) is 0.400. The number of nitrogens with two attached hydrogens (primary N) is 1. The second-order valence-corrected chi connectivity index (χ2v) is 5.37. The zero-order valence-corrected chi connectivity index (χ0v) is 9.80. The number of carbonyl (C=O) groups excluding carboxylic acids is 1. The van der Waals surface area contributed by atoms with Crippen LogP contribution in [0.4, 0.5) is 0 Å². The van der Waals surface area contributed by atoms with Gasteiger partial charge in [0.2, 0.25) is 5.91 Å². The Morgan fingerprint density at radius 2 is 2.06 bits per heavy atom. The van der Waals surface area contributed by atoms with E-state index in [0.717, 1.165) is 19.3 Å². The molecule has 3 atom stereocenters. The summed E-state index contributed by atoms with van der Waals surface area (Å²) in [6.07, 6.45) is 7.27. The summed E-state index contributed by atoms with van der Waals surface area (Å²) in [4.78, 5) is 11.9. The van der Waals surface area contributed by atoms with Gasteiger partial charge in [-0.1, -0.05) is 42.5 Å². The molecule has 2 bridgehead atoms. The summed E-state index contributed by atoms with van der Waals surface area (Å²) in [5, 5.41) is 0.